The predicted molar refractivity (Wildman–Crippen MR) is 179 cm³/mol. The summed E-state index contributed by atoms with van der Waals surface area (Å²) in [5.41, 5.74) is 4.96. The third kappa shape index (κ3) is 4.27. The van der Waals surface area contributed by atoms with Crippen molar-refractivity contribution in [1.82, 2.24) is 4.57 Å². The third-order valence-electron chi connectivity index (χ3n) is 8.52. The van der Waals surface area contributed by atoms with Gasteiger partial charge < -0.3 is 9.47 Å². The van der Waals surface area contributed by atoms with Crippen LogP contribution in [0.5, 0.6) is 0 Å². The van der Waals surface area contributed by atoms with Gasteiger partial charge in [0.05, 0.1) is 11.0 Å². The summed E-state index contributed by atoms with van der Waals surface area (Å²) < 4.78 is 2.42. The minimum atomic E-state index is -1.59. The molecule has 4 aromatic carbocycles. The lowest BCUT2D eigenvalue weighted by atomic mass is 10.1. The molecule has 7 rings (SSSR count). The van der Waals surface area contributed by atoms with Gasteiger partial charge >= 0.3 is 0 Å². The standard InChI is InChI=1S/C38H36N2S/c1-39(2)30-17-14-22-33(27-30)41(31-18-8-4-9-19-31,32-20-10-5-11-21-32)34-25-26-38-36(28-34)35-23-12-13-24-37(35)40(38)29-15-6-3-7-16-29/h3-10,12-18,20,22-28,31H,11,19,21H2,1-2H3. The van der Waals surface area contributed by atoms with E-state index < -0.39 is 10.0 Å². The molecule has 2 aliphatic carbocycles. The first kappa shape index (κ1) is 25.7. The number of hydrogen-bond acceptors (Lipinski definition) is 1. The maximum absolute atomic E-state index is 2.54. The maximum Gasteiger partial charge on any atom is 0.0541 e. The van der Waals surface area contributed by atoms with Crippen molar-refractivity contribution in [2.75, 3.05) is 19.0 Å². The predicted octanol–water partition coefficient (Wildman–Crippen LogP) is 10.2. The van der Waals surface area contributed by atoms with E-state index in [-0.39, 0.29) is 0 Å². The smallest absolute Gasteiger partial charge is 0.0541 e. The highest BCUT2D eigenvalue weighted by Gasteiger charge is 2.39. The van der Waals surface area contributed by atoms with Gasteiger partial charge in [-0.3, -0.25) is 0 Å². The molecule has 0 bridgehead atoms. The number of aromatic nitrogens is 1. The van der Waals surface area contributed by atoms with E-state index in [0.29, 0.717) is 5.25 Å². The number of allylic oxidation sites excluding steroid dienone is 7. The summed E-state index contributed by atoms with van der Waals surface area (Å²) >= 11 is 0. The average molecular weight is 553 g/mol. The number of anilines is 1. The molecule has 2 nitrogen and oxygen atoms in total. The Hall–Kier alpha value is -4.21. The first-order valence-electron chi connectivity index (χ1n) is 14.6. The highest BCUT2D eigenvalue weighted by Crippen LogP contribution is 2.74. The number of benzene rings is 4. The van der Waals surface area contributed by atoms with Gasteiger partial charge in [-0.1, -0.05) is 85.0 Å². The van der Waals surface area contributed by atoms with Crippen LogP contribution in [0.25, 0.3) is 27.5 Å². The summed E-state index contributed by atoms with van der Waals surface area (Å²) in [4.78, 5) is 6.70. The number of nitrogens with zero attached hydrogens (tertiary/aromatic N) is 2. The van der Waals surface area contributed by atoms with Gasteiger partial charge in [-0.25, -0.2) is 0 Å². The number of para-hydroxylation sites is 2. The summed E-state index contributed by atoms with van der Waals surface area (Å²) in [6.07, 6.45) is 19.6. The molecule has 0 saturated carbocycles. The molecule has 2 unspecified atom stereocenters. The fourth-order valence-electron chi connectivity index (χ4n) is 6.62. The molecule has 3 heteroatoms. The Labute approximate surface area is 244 Å². The second-order valence-corrected chi connectivity index (χ2v) is 14.5. The maximum atomic E-state index is 2.54. The van der Waals surface area contributed by atoms with E-state index >= 15 is 0 Å². The molecular weight excluding hydrogens is 516 g/mol. The minimum Gasteiger partial charge on any atom is -0.378 e. The normalized spacial score (nSPS) is 18.8. The van der Waals surface area contributed by atoms with Crippen molar-refractivity contribution in [1.29, 1.82) is 0 Å². The van der Waals surface area contributed by atoms with Crippen LogP contribution < -0.4 is 4.90 Å². The SMILES string of the molecule is CN(C)c1cccc(S(C2=CC=CCC2)(c2ccc3c(c2)c2ccccc2n3-c2ccccc2)C2C=CC=CC2)c1. The fraction of sp³-hybridized carbons (Fsp3) is 0.158. The van der Waals surface area contributed by atoms with Gasteiger partial charge in [0.1, 0.15) is 0 Å². The second-order valence-electron chi connectivity index (χ2n) is 11.1. The van der Waals surface area contributed by atoms with Gasteiger partial charge in [0.2, 0.25) is 0 Å². The van der Waals surface area contributed by atoms with Crippen molar-refractivity contribution >= 4 is 37.5 Å². The van der Waals surface area contributed by atoms with Gasteiger partial charge in [-0.15, -0.1) is 0 Å². The van der Waals surface area contributed by atoms with Crippen molar-refractivity contribution in [2.45, 2.75) is 34.3 Å². The van der Waals surface area contributed by atoms with E-state index in [1.807, 2.05) is 0 Å². The van der Waals surface area contributed by atoms with Crippen molar-refractivity contribution in [3.05, 3.63) is 144 Å². The topological polar surface area (TPSA) is 8.17 Å². The molecule has 1 heterocycles. The van der Waals surface area contributed by atoms with Crippen molar-refractivity contribution in [3.8, 4) is 5.69 Å². The molecule has 204 valence electrons. The third-order valence-corrected chi connectivity index (χ3v) is 12.9. The molecule has 0 spiro atoms. The molecule has 0 saturated heterocycles. The molecule has 2 atom stereocenters. The zero-order chi connectivity index (χ0) is 27.8. The molecule has 0 aliphatic heterocycles. The highest BCUT2D eigenvalue weighted by molar-refractivity contribution is 8.37. The Morgan fingerprint density at radius 1 is 0.707 bits per heavy atom. The summed E-state index contributed by atoms with van der Waals surface area (Å²) in [5, 5.41) is 3.02. The zero-order valence-electron chi connectivity index (χ0n) is 23.8. The van der Waals surface area contributed by atoms with Crippen LogP contribution in [-0.2, 0) is 0 Å². The van der Waals surface area contributed by atoms with E-state index in [1.165, 1.54) is 43.0 Å². The molecular formula is C38H36N2S. The van der Waals surface area contributed by atoms with Gasteiger partial charge in [0.15, 0.2) is 0 Å². The van der Waals surface area contributed by atoms with Crippen LogP contribution in [0.4, 0.5) is 5.69 Å². The fourth-order valence-corrected chi connectivity index (χ4v) is 11.2. The van der Waals surface area contributed by atoms with Crippen LogP contribution >= 0.6 is 10.0 Å². The molecule has 1 aromatic heterocycles. The summed E-state index contributed by atoms with van der Waals surface area (Å²) in [7, 11) is 2.70. The Bertz CT molecular complexity index is 1850. The molecule has 0 amide bonds. The van der Waals surface area contributed by atoms with Crippen molar-refractivity contribution < 1.29 is 0 Å². The van der Waals surface area contributed by atoms with Gasteiger partial charge in [-0.2, -0.15) is 10.0 Å². The van der Waals surface area contributed by atoms with Crippen molar-refractivity contribution in [3.63, 3.8) is 0 Å². The Kier molecular flexibility index (Phi) is 6.68. The van der Waals surface area contributed by atoms with E-state index in [4.69, 9.17) is 0 Å². The van der Waals surface area contributed by atoms with E-state index in [2.05, 4.69) is 163 Å². The summed E-state index contributed by atoms with van der Waals surface area (Å²) in [6.45, 7) is 0. The molecule has 2 aliphatic rings. The van der Waals surface area contributed by atoms with Crippen LogP contribution in [0.1, 0.15) is 19.3 Å². The molecule has 41 heavy (non-hydrogen) atoms. The van der Waals surface area contributed by atoms with E-state index in [9.17, 15) is 0 Å². The van der Waals surface area contributed by atoms with Gasteiger partial charge in [0, 0.05) is 46.4 Å². The van der Waals surface area contributed by atoms with Gasteiger partial charge in [-0.05, 0) is 83.7 Å². The van der Waals surface area contributed by atoms with Crippen LogP contribution in [0.2, 0.25) is 0 Å². The van der Waals surface area contributed by atoms with Crippen molar-refractivity contribution in [2.24, 2.45) is 0 Å². The van der Waals surface area contributed by atoms with Crippen LogP contribution in [0.3, 0.4) is 0 Å². The van der Waals surface area contributed by atoms with Crippen LogP contribution in [-0.4, -0.2) is 23.9 Å². The lowest BCUT2D eigenvalue weighted by Crippen LogP contribution is -2.21. The van der Waals surface area contributed by atoms with Gasteiger partial charge in [0.25, 0.3) is 0 Å². The second kappa shape index (κ2) is 10.6. The Morgan fingerprint density at radius 2 is 1.51 bits per heavy atom. The lowest BCUT2D eigenvalue weighted by molar-refractivity contribution is 0.980. The lowest BCUT2D eigenvalue weighted by Gasteiger charge is -2.49. The first-order valence-corrected chi connectivity index (χ1v) is 16.2. The minimum absolute atomic E-state index is 0.391. The Morgan fingerprint density at radius 3 is 2.29 bits per heavy atom. The molecule has 5 aromatic rings. The number of fused-ring (bicyclic) bond motifs is 3. The Balaban J connectivity index is 1.56. The molecule has 0 radical (unpaired) electrons. The first-order chi connectivity index (χ1) is 20.2. The number of rotatable bonds is 6. The average Bonchev–Trinajstić information content (AvgIpc) is 3.37. The largest absolute Gasteiger partial charge is 0.378 e. The highest BCUT2D eigenvalue weighted by atomic mass is 32.3. The molecule has 0 N–H and O–H groups in total. The van der Waals surface area contributed by atoms with E-state index in [0.717, 1.165) is 19.3 Å². The monoisotopic (exact) mass is 552 g/mol. The summed E-state index contributed by atoms with van der Waals surface area (Å²) in [5.74, 6) is 0. The summed E-state index contributed by atoms with van der Waals surface area (Å²) in [6, 6.07) is 36.4. The zero-order valence-corrected chi connectivity index (χ0v) is 24.6. The van der Waals surface area contributed by atoms with Crippen LogP contribution in [0.15, 0.2) is 154 Å². The molecule has 0 fully saturated rings. The quantitative estimate of drug-likeness (QED) is 0.203. The van der Waals surface area contributed by atoms with Crippen LogP contribution in [0, 0.1) is 0 Å². The van der Waals surface area contributed by atoms with E-state index in [1.54, 1.807) is 4.91 Å². The number of hydrogen-bond donors (Lipinski definition) is 0.